The molecule has 1 N–H and O–H groups in total. The number of benzene rings is 3. The number of nitrogens with one attached hydrogen (secondary N) is 1. The lowest BCUT2D eigenvalue weighted by molar-refractivity contribution is 0.306. The van der Waals surface area contributed by atoms with Crippen LogP contribution in [-0.4, -0.2) is 0 Å². The molecule has 0 atom stereocenters. The van der Waals surface area contributed by atoms with Gasteiger partial charge in [0.05, 0.1) is 10.0 Å². The van der Waals surface area contributed by atoms with Crippen LogP contribution in [0.15, 0.2) is 66.7 Å². The molecule has 3 aromatic carbocycles. The van der Waals surface area contributed by atoms with Crippen molar-refractivity contribution >= 4 is 28.9 Å². The molecule has 0 aliphatic carbocycles. The number of ether oxygens (including phenoxy) is 1. The third-order valence-corrected chi connectivity index (χ3v) is 4.19. The third kappa shape index (κ3) is 4.88. The topological polar surface area (TPSA) is 21.3 Å². The molecule has 128 valence electrons. The SMILES string of the molecule is Fc1ccc(NCc2cc(Cl)c(OCc3ccccc3)c(Cl)c2)cc1. The van der Waals surface area contributed by atoms with Crippen LogP contribution in [0.3, 0.4) is 0 Å². The first kappa shape index (κ1) is 17.6. The molecule has 3 aromatic rings. The summed E-state index contributed by atoms with van der Waals surface area (Å²) in [6.07, 6.45) is 0. The van der Waals surface area contributed by atoms with E-state index < -0.39 is 0 Å². The fourth-order valence-corrected chi connectivity index (χ4v) is 3.00. The van der Waals surface area contributed by atoms with Crippen LogP contribution < -0.4 is 10.1 Å². The zero-order valence-corrected chi connectivity index (χ0v) is 14.8. The summed E-state index contributed by atoms with van der Waals surface area (Å²) in [5, 5.41) is 4.11. The number of hydrogen-bond acceptors (Lipinski definition) is 2. The molecule has 2 nitrogen and oxygen atoms in total. The maximum absolute atomic E-state index is 12.9. The van der Waals surface area contributed by atoms with Gasteiger partial charge < -0.3 is 10.1 Å². The summed E-state index contributed by atoms with van der Waals surface area (Å²) in [7, 11) is 0. The average Bonchev–Trinajstić information content (AvgIpc) is 2.61. The van der Waals surface area contributed by atoms with Gasteiger partial charge in [-0.2, -0.15) is 0 Å². The number of halogens is 3. The quantitative estimate of drug-likeness (QED) is 0.543. The molecule has 5 heteroatoms. The Morgan fingerprint density at radius 2 is 1.48 bits per heavy atom. The molecule has 0 saturated carbocycles. The van der Waals surface area contributed by atoms with Crippen LogP contribution in [0, 0.1) is 5.82 Å². The summed E-state index contributed by atoms with van der Waals surface area (Å²) in [5.41, 5.74) is 2.76. The summed E-state index contributed by atoms with van der Waals surface area (Å²) in [5.74, 6) is 0.203. The van der Waals surface area contributed by atoms with Crippen molar-refractivity contribution in [2.24, 2.45) is 0 Å². The summed E-state index contributed by atoms with van der Waals surface area (Å²) in [4.78, 5) is 0. The van der Waals surface area contributed by atoms with E-state index in [0.29, 0.717) is 28.9 Å². The lowest BCUT2D eigenvalue weighted by atomic mass is 10.2. The van der Waals surface area contributed by atoms with E-state index in [1.807, 2.05) is 42.5 Å². The largest absolute Gasteiger partial charge is 0.486 e. The van der Waals surface area contributed by atoms with E-state index in [-0.39, 0.29) is 5.82 Å². The lowest BCUT2D eigenvalue weighted by Gasteiger charge is -2.13. The highest BCUT2D eigenvalue weighted by Gasteiger charge is 2.10. The monoisotopic (exact) mass is 375 g/mol. The van der Waals surface area contributed by atoms with Gasteiger partial charge in [-0.3, -0.25) is 0 Å². The normalized spacial score (nSPS) is 10.5. The second-order valence-corrected chi connectivity index (χ2v) is 6.34. The molecule has 0 aromatic heterocycles. The van der Waals surface area contributed by atoms with Crippen molar-refractivity contribution in [3.05, 3.63) is 93.7 Å². The molecule has 25 heavy (non-hydrogen) atoms. The Balaban J connectivity index is 1.66. The van der Waals surface area contributed by atoms with Gasteiger partial charge in [0.15, 0.2) is 5.75 Å². The lowest BCUT2D eigenvalue weighted by Crippen LogP contribution is -2.01. The Morgan fingerprint density at radius 3 is 2.12 bits per heavy atom. The van der Waals surface area contributed by atoms with Gasteiger partial charge in [-0.25, -0.2) is 4.39 Å². The van der Waals surface area contributed by atoms with Crippen LogP contribution >= 0.6 is 23.2 Å². The Kier molecular flexibility index (Phi) is 5.79. The smallest absolute Gasteiger partial charge is 0.156 e. The van der Waals surface area contributed by atoms with E-state index in [1.54, 1.807) is 12.1 Å². The molecule has 0 spiro atoms. The van der Waals surface area contributed by atoms with Gasteiger partial charge >= 0.3 is 0 Å². The fourth-order valence-electron chi connectivity index (χ4n) is 2.35. The second kappa shape index (κ2) is 8.24. The van der Waals surface area contributed by atoms with Crippen LogP contribution in [0.25, 0.3) is 0 Å². The van der Waals surface area contributed by atoms with Crippen molar-refractivity contribution < 1.29 is 9.13 Å². The Hall–Kier alpha value is -2.23. The van der Waals surface area contributed by atoms with Gasteiger partial charge in [-0.1, -0.05) is 53.5 Å². The molecule has 0 radical (unpaired) electrons. The van der Waals surface area contributed by atoms with Gasteiger partial charge in [-0.15, -0.1) is 0 Å². The molecule has 0 unspecified atom stereocenters. The minimum atomic E-state index is -0.267. The maximum Gasteiger partial charge on any atom is 0.156 e. The highest BCUT2D eigenvalue weighted by Crippen LogP contribution is 2.35. The molecule has 0 fully saturated rings. The van der Waals surface area contributed by atoms with Crippen molar-refractivity contribution in [1.82, 2.24) is 0 Å². The molecular formula is C20H16Cl2FNO. The molecule has 0 heterocycles. The van der Waals surface area contributed by atoms with Gasteiger partial charge in [0, 0.05) is 12.2 Å². The number of rotatable bonds is 6. The highest BCUT2D eigenvalue weighted by molar-refractivity contribution is 6.37. The van der Waals surface area contributed by atoms with Gasteiger partial charge in [0.1, 0.15) is 12.4 Å². The first-order valence-electron chi connectivity index (χ1n) is 7.76. The molecule has 0 amide bonds. The van der Waals surface area contributed by atoms with Crippen molar-refractivity contribution in [2.75, 3.05) is 5.32 Å². The van der Waals surface area contributed by atoms with E-state index in [2.05, 4.69) is 5.32 Å². The average molecular weight is 376 g/mol. The van der Waals surface area contributed by atoms with Gasteiger partial charge in [0.25, 0.3) is 0 Å². The first-order chi connectivity index (χ1) is 12.1. The molecule has 0 aliphatic heterocycles. The summed E-state index contributed by atoms with van der Waals surface area (Å²) in [6.45, 7) is 0.914. The molecule has 0 aliphatic rings. The van der Waals surface area contributed by atoms with Crippen LogP contribution in [0.4, 0.5) is 10.1 Å². The zero-order chi connectivity index (χ0) is 17.6. The number of hydrogen-bond donors (Lipinski definition) is 1. The Morgan fingerprint density at radius 1 is 0.840 bits per heavy atom. The third-order valence-electron chi connectivity index (χ3n) is 3.62. The highest BCUT2D eigenvalue weighted by atomic mass is 35.5. The van der Waals surface area contributed by atoms with E-state index in [1.165, 1.54) is 12.1 Å². The molecule has 0 bridgehead atoms. The van der Waals surface area contributed by atoms with Crippen molar-refractivity contribution in [1.29, 1.82) is 0 Å². The first-order valence-corrected chi connectivity index (χ1v) is 8.51. The zero-order valence-electron chi connectivity index (χ0n) is 13.3. The minimum Gasteiger partial charge on any atom is -0.486 e. The van der Waals surface area contributed by atoms with Crippen LogP contribution in [0.5, 0.6) is 5.75 Å². The molecule has 3 rings (SSSR count). The number of anilines is 1. The van der Waals surface area contributed by atoms with Crippen LogP contribution in [0.2, 0.25) is 10.0 Å². The van der Waals surface area contributed by atoms with E-state index in [4.69, 9.17) is 27.9 Å². The summed E-state index contributed by atoms with van der Waals surface area (Å²) in [6, 6.07) is 19.6. The van der Waals surface area contributed by atoms with Crippen molar-refractivity contribution in [3.8, 4) is 5.75 Å². The van der Waals surface area contributed by atoms with E-state index in [9.17, 15) is 4.39 Å². The second-order valence-electron chi connectivity index (χ2n) is 5.52. The van der Waals surface area contributed by atoms with Crippen molar-refractivity contribution in [3.63, 3.8) is 0 Å². The molecular weight excluding hydrogens is 360 g/mol. The molecule has 0 saturated heterocycles. The maximum atomic E-state index is 12.9. The minimum absolute atomic E-state index is 0.267. The Labute approximate surface area is 156 Å². The van der Waals surface area contributed by atoms with Crippen molar-refractivity contribution in [2.45, 2.75) is 13.2 Å². The predicted molar refractivity (Wildman–Crippen MR) is 101 cm³/mol. The van der Waals surface area contributed by atoms with Gasteiger partial charge in [0.2, 0.25) is 0 Å². The van der Waals surface area contributed by atoms with Crippen LogP contribution in [-0.2, 0) is 13.2 Å². The van der Waals surface area contributed by atoms with Gasteiger partial charge in [-0.05, 0) is 47.5 Å². The fraction of sp³-hybridized carbons (Fsp3) is 0.100. The van der Waals surface area contributed by atoms with Crippen LogP contribution in [0.1, 0.15) is 11.1 Å². The van der Waals surface area contributed by atoms with E-state index >= 15 is 0 Å². The van der Waals surface area contributed by atoms with E-state index in [0.717, 1.165) is 16.8 Å². The standard InChI is InChI=1S/C20H16Cl2FNO/c21-18-10-15(12-24-17-8-6-16(23)7-9-17)11-19(22)20(18)25-13-14-4-2-1-3-5-14/h1-11,24H,12-13H2. The predicted octanol–water partition coefficient (Wildman–Crippen LogP) is 6.32. The summed E-state index contributed by atoms with van der Waals surface area (Å²) < 4.78 is 18.7. The Bertz CT molecular complexity index is 815. The summed E-state index contributed by atoms with van der Waals surface area (Å²) >= 11 is 12.6.